The summed E-state index contributed by atoms with van der Waals surface area (Å²) in [5, 5.41) is 0. The van der Waals surface area contributed by atoms with E-state index in [4.69, 9.17) is 15.0 Å². The molecule has 0 saturated carbocycles. The molecule has 0 bridgehead atoms. The molecule has 0 fully saturated rings. The zero-order valence-electron chi connectivity index (χ0n) is 55.9. The number of rotatable bonds is 15. The van der Waals surface area contributed by atoms with Gasteiger partial charge in [0, 0.05) is 29.1 Å². The van der Waals surface area contributed by atoms with E-state index in [9.17, 15) is 0 Å². The largest absolute Gasteiger partial charge is 3.00 e. The van der Waals surface area contributed by atoms with Gasteiger partial charge in [0.05, 0.1) is 5.69 Å². The van der Waals surface area contributed by atoms with Crippen LogP contribution in [-0.4, -0.2) is 15.0 Å². The normalized spacial score (nSPS) is 11.1. The van der Waals surface area contributed by atoms with E-state index in [-0.39, 0.29) is 20.1 Å². The van der Waals surface area contributed by atoms with Gasteiger partial charge in [-0.25, -0.2) is 0 Å². The third kappa shape index (κ3) is 13.7. The van der Waals surface area contributed by atoms with Crippen molar-refractivity contribution in [3.05, 3.63) is 379 Å². The maximum atomic E-state index is 5.04. The molecule has 0 radical (unpaired) electrons. The Morgan fingerprint density at radius 1 is 0.228 bits per heavy atom. The van der Waals surface area contributed by atoms with E-state index in [1.165, 1.54) is 0 Å². The number of hydrogen-bond acceptors (Lipinski definition) is 3. The fourth-order valence-corrected chi connectivity index (χ4v) is 14.4. The second-order valence-electron chi connectivity index (χ2n) is 25.5. The summed E-state index contributed by atoms with van der Waals surface area (Å²) in [4.78, 5) is 15.1. The van der Waals surface area contributed by atoms with Crippen LogP contribution >= 0.6 is 15.9 Å². The van der Waals surface area contributed by atoms with Crippen LogP contribution in [0.1, 0.15) is 16.7 Å². The van der Waals surface area contributed by atoms with E-state index in [0.29, 0.717) is 0 Å². The first-order valence-corrected chi connectivity index (χ1v) is 34.6. The van der Waals surface area contributed by atoms with Crippen molar-refractivity contribution in [1.82, 2.24) is 15.0 Å². The van der Waals surface area contributed by atoms with Crippen LogP contribution in [0.2, 0.25) is 0 Å². The summed E-state index contributed by atoms with van der Waals surface area (Å²) in [6, 6.07) is 126. The fraction of sp³-hybridized carbons (Fsp3) is 0.0312. The smallest absolute Gasteiger partial charge is 0.304 e. The number of halogens is 1. The Morgan fingerprint density at radius 3 is 1.06 bits per heavy atom. The number of pyridine rings is 3. The molecule has 0 unspecified atom stereocenters. The third-order valence-electron chi connectivity index (χ3n) is 19.1. The van der Waals surface area contributed by atoms with E-state index in [2.05, 4.69) is 346 Å². The number of aryl methyl sites for hydroxylation is 3. The Labute approximate surface area is 613 Å². The average Bonchev–Trinajstić information content (AvgIpc) is 0.769. The first-order chi connectivity index (χ1) is 49.2. The molecular weight excluding hydrogens is 1470 g/mol. The molecule has 16 rings (SSSR count). The van der Waals surface area contributed by atoms with Crippen LogP contribution in [0.4, 0.5) is 0 Å². The summed E-state index contributed by atoms with van der Waals surface area (Å²) in [6.07, 6.45) is 5.95. The Kier molecular flexibility index (Phi) is 18.8. The molecule has 0 N–H and O–H groups in total. The minimum absolute atomic E-state index is 0. The van der Waals surface area contributed by atoms with Gasteiger partial charge in [0.1, 0.15) is 0 Å². The minimum Gasteiger partial charge on any atom is -0.304 e. The molecule has 0 saturated heterocycles. The van der Waals surface area contributed by atoms with E-state index in [1.807, 2.05) is 48.9 Å². The van der Waals surface area contributed by atoms with Gasteiger partial charge in [0.25, 0.3) is 0 Å². The van der Waals surface area contributed by atoms with Gasteiger partial charge in [0.15, 0.2) is 0 Å². The van der Waals surface area contributed by atoms with Crippen molar-refractivity contribution in [2.24, 2.45) is 0 Å². The maximum Gasteiger partial charge on any atom is 3.00 e. The van der Waals surface area contributed by atoms with Crippen molar-refractivity contribution in [1.29, 1.82) is 0 Å². The first kappa shape index (κ1) is 65.4. The molecule has 0 aliphatic heterocycles. The molecule has 101 heavy (non-hydrogen) atoms. The molecule has 0 spiro atoms. The predicted molar refractivity (Wildman–Crippen MR) is 420 cm³/mol. The molecular formula is C96H65BrIrN3. The molecule has 5 heteroatoms. The average molecular weight is 1530 g/mol. The Balaban J connectivity index is 0.00000827. The number of benzene rings is 13. The van der Waals surface area contributed by atoms with Crippen LogP contribution in [0.5, 0.6) is 0 Å². The van der Waals surface area contributed by atoms with Gasteiger partial charge in [-0.05, 0) is 169 Å². The standard InChI is InChI=1S/C96H65BrN3.Ir/c1-63-50-94(98-60-90(63)69-28-16-7-17-29-69)74-38-34-72(35-39-74)87-56-76(66-22-10-4-11-23-66)42-46-83(87)80-53-81(84-47-43-77(67-24-12-5-13-25-67)57-88(84)73-36-40-75(41-37-73)95-51-64(2)91(61-99-95)70-30-18-8-19-31-70)55-82(54-80)85-48-44-78(68-26-14-6-15-27-68)58-89(85)86-49-45-79(59-93(86)97)96-52-65(3)92(62-100-96)71-32-20-9-21-33-71;/h4-30,32-38,40-44,46-62H,1-3H3;/q-3;+3. The molecule has 3 heterocycles. The summed E-state index contributed by atoms with van der Waals surface area (Å²) in [5.41, 5.74) is 35.2. The molecule has 0 aliphatic carbocycles. The minimum atomic E-state index is 0. The van der Waals surface area contributed by atoms with Crippen LogP contribution < -0.4 is 0 Å². The summed E-state index contributed by atoms with van der Waals surface area (Å²) >= 11 is 4.18. The second-order valence-corrected chi connectivity index (χ2v) is 26.4. The quantitative estimate of drug-likeness (QED) is 0.0960. The van der Waals surface area contributed by atoms with Gasteiger partial charge in [-0.2, -0.15) is 0 Å². The van der Waals surface area contributed by atoms with Gasteiger partial charge >= 0.3 is 20.1 Å². The molecule has 0 atom stereocenters. The van der Waals surface area contributed by atoms with E-state index in [1.54, 1.807) is 0 Å². The molecule has 13 aromatic carbocycles. The SMILES string of the molecule is Cc1cc(-c2ccc(-c3cc(-c4ccccc4)ccc3-c3cc(-c4ccc(-c5ccccc5)cc4-c4c[c-]c(-c5cc(C)c(-c6ccccc6)cn5)cc4)cc(-c4ccc(-c5ccccc5)cc4-c4c[c-]c(-c5cc(C)c(-c6ccccc6)cn5)cc4Br)c3)cc2)ncc1-c1[c-]cccc1.[Ir+3]. The van der Waals surface area contributed by atoms with Gasteiger partial charge in [-0.1, -0.05) is 290 Å². The monoisotopic (exact) mass is 1530 g/mol. The van der Waals surface area contributed by atoms with Gasteiger partial charge in [-0.15, -0.1) is 89.5 Å². The third-order valence-corrected chi connectivity index (χ3v) is 19.8. The number of nitrogens with zero attached hydrogens (tertiary/aromatic N) is 3. The van der Waals surface area contributed by atoms with Crippen LogP contribution in [0, 0.1) is 39.0 Å². The number of hydrogen-bond donors (Lipinski definition) is 0. The van der Waals surface area contributed by atoms with Gasteiger partial charge < -0.3 is 9.97 Å². The Bertz CT molecular complexity index is 5410. The van der Waals surface area contributed by atoms with Crippen molar-refractivity contribution in [3.8, 4) is 167 Å². The molecule has 480 valence electrons. The first-order valence-electron chi connectivity index (χ1n) is 33.8. The Hall–Kier alpha value is -11.6. The topological polar surface area (TPSA) is 38.7 Å². The van der Waals surface area contributed by atoms with Crippen molar-refractivity contribution < 1.29 is 20.1 Å². The number of aromatic nitrogens is 3. The molecule has 0 amide bonds. The zero-order chi connectivity index (χ0) is 67.5. The van der Waals surface area contributed by atoms with Crippen molar-refractivity contribution in [3.63, 3.8) is 0 Å². The molecule has 3 nitrogen and oxygen atoms in total. The molecule has 16 aromatic rings. The van der Waals surface area contributed by atoms with Crippen molar-refractivity contribution >= 4 is 15.9 Å². The van der Waals surface area contributed by atoms with Gasteiger partial charge in [0.2, 0.25) is 0 Å². The van der Waals surface area contributed by atoms with Crippen LogP contribution in [-0.2, 0) is 20.1 Å². The van der Waals surface area contributed by atoms with E-state index in [0.717, 1.165) is 188 Å². The van der Waals surface area contributed by atoms with E-state index < -0.39 is 0 Å². The van der Waals surface area contributed by atoms with Crippen LogP contribution in [0.25, 0.3) is 167 Å². The fourth-order valence-electron chi connectivity index (χ4n) is 13.8. The molecule has 3 aromatic heterocycles. The summed E-state index contributed by atoms with van der Waals surface area (Å²) in [5.74, 6) is 0. The summed E-state index contributed by atoms with van der Waals surface area (Å²) < 4.78 is 0.935. The van der Waals surface area contributed by atoms with Gasteiger partial charge in [-0.3, -0.25) is 4.98 Å². The predicted octanol–water partition coefficient (Wildman–Crippen LogP) is 26.0. The van der Waals surface area contributed by atoms with Crippen molar-refractivity contribution in [2.45, 2.75) is 20.8 Å². The van der Waals surface area contributed by atoms with Crippen LogP contribution in [0.3, 0.4) is 0 Å². The van der Waals surface area contributed by atoms with Crippen molar-refractivity contribution in [2.75, 3.05) is 0 Å². The summed E-state index contributed by atoms with van der Waals surface area (Å²) in [6.45, 7) is 6.46. The zero-order valence-corrected chi connectivity index (χ0v) is 59.9. The second kappa shape index (κ2) is 29.1. The Morgan fingerprint density at radius 2 is 0.604 bits per heavy atom. The van der Waals surface area contributed by atoms with Crippen LogP contribution in [0.15, 0.2) is 345 Å². The summed E-state index contributed by atoms with van der Waals surface area (Å²) in [7, 11) is 0. The maximum absolute atomic E-state index is 5.04. The van der Waals surface area contributed by atoms with E-state index >= 15 is 0 Å². The molecule has 0 aliphatic rings.